The minimum atomic E-state index is -0.601. The fourth-order valence-corrected chi connectivity index (χ4v) is 2.81. The van der Waals surface area contributed by atoms with E-state index in [-0.39, 0.29) is 18.2 Å². The molecule has 2 aromatic carbocycles. The summed E-state index contributed by atoms with van der Waals surface area (Å²) in [6, 6.07) is 13.8. The minimum absolute atomic E-state index is 0.0796. The number of hydrogen-bond donors (Lipinski definition) is 1. The van der Waals surface area contributed by atoms with Crippen LogP contribution in [0.2, 0.25) is 5.02 Å². The molecule has 1 aromatic heterocycles. The molecule has 29 heavy (non-hydrogen) atoms. The Balaban J connectivity index is 1.70. The van der Waals surface area contributed by atoms with E-state index in [0.717, 1.165) is 11.3 Å². The number of aromatic nitrogens is 1. The van der Waals surface area contributed by atoms with E-state index in [2.05, 4.69) is 10.3 Å². The van der Waals surface area contributed by atoms with Gasteiger partial charge >= 0.3 is 5.97 Å². The Hall–Kier alpha value is -3.32. The van der Waals surface area contributed by atoms with Gasteiger partial charge in [0.2, 0.25) is 0 Å². The second-order valence-electron chi connectivity index (χ2n) is 6.07. The van der Waals surface area contributed by atoms with E-state index in [1.807, 2.05) is 24.3 Å². The first-order chi connectivity index (χ1) is 14.0. The predicted molar refractivity (Wildman–Crippen MR) is 108 cm³/mol. The molecule has 0 radical (unpaired) electrons. The van der Waals surface area contributed by atoms with Crippen molar-refractivity contribution in [1.82, 2.24) is 10.3 Å². The molecule has 3 rings (SSSR count). The molecule has 1 amide bonds. The molecule has 1 N–H and O–H groups in total. The second-order valence-corrected chi connectivity index (χ2v) is 6.51. The van der Waals surface area contributed by atoms with Gasteiger partial charge in [-0.15, -0.1) is 0 Å². The molecule has 7 nitrogen and oxygen atoms in total. The zero-order valence-electron chi connectivity index (χ0n) is 15.9. The Morgan fingerprint density at radius 2 is 1.83 bits per heavy atom. The topological polar surface area (TPSA) is 86.8 Å². The van der Waals surface area contributed by atoms with Gasteiger partial charge in [0.05, 0.1) is 19.7 Å². The molecule has 0 bridgehead atoms. The van der Waals surface area contributed by atoms with Crippen molar-refractivity contribution in [2.75, 3.05) is 20.8 Å². The maximum atomic E-state index is 12.2. The second kappa shape index (κ2) is 9.25. The highest BCUT2D eigenvalue weighted by Crippen LogP contribution is 2.28. The highest BCUT2D eigenvalue weighted by atomic mass is 35.5. The molecule has 0 aliphatic rings. The van der Waals surface area contributed by atoms with Crippen LogP contribution >= 0.6 is 11.6 Å². The summed E-state index contributed by atoms with van der Waals surface area (Å²) in [5.41, 5.74) is 1.51. The highest BCUT2D eigenvalue weighted by Gasteiger charge is 2.15. The van der Waals surface area contributed by atoms with Gasteiger partial charge in [-0.05, 0) is 35.9 Å². The van der Waals surface area contributed by atoms with Crippen LogP contribution in [0.3, 0.4) is 0 Å². The maximum Gasteiger partial charge on any atom is 0.356 e. The van der Waals surface area contributed by atoms with E-state index in [9.17, 15) is 9.59 Å². The van der Waals surface area contributed by atoms with Gasteiger partial charge in [0.15, 0.2) is 12.3 Å². The number of methoxy groups -OCH3 is 2. The Kier molecular flexibility index (Phi) is 6.51. The Morgan fingerprint density at radius 1 is 1.07 bits per heavy atom. The number of carbonyl (C=O) groups excluding carboxylic acids is 2. The lowest BCUT2D eigenvalue weighted by Gasteiger charge is -2.11. The van der Waals surface area contributed by atoms with E-state index < -0.39 is 5.97 Å². The number of rotatable bonds is 7. The van der Waals surface area contributed by atoms with Crippen LogP contribution in [0.5, 0.6) is 11.5 Å². The van der Waals surface area contributed by atoms with E-state index in [4.69, 9.17) is 25.8 Å². The number of fused-ring (bicyclic) bond motifs is 1. The fourth-order valence-electron chi connectivity index (χ4n) is 2.63. The molecule has 0 aliphatic heterocycles. The Morgan fingerprint density at radius 3 is 2.52 bits per heavy atom. The standard InChI is InChI=1S/C21H19ClN2O5/c1-27-15-6-3-13(4-7-15)11-23-20(25)12-29-19-10-18(21(26)28-2)24-17-8-5-14(22)9-16(17)19/h3-10H,11-12H2,1-2H3,(H,23,25). The summed E-state index contributed by atoms with van der Waals surface area (Å²) in [6.07, 6.45) is 0. The first-order valence-corrected chi connectivity index (χ1v) is 9.09. The van der Waals surface area contributed by atoms with Crippen molar-refractivity contribution >= 4 is 34.4 Å². The third-order valence-electron chi connectivity index (χ3n) is 4.13. The van der Waals surface area contributed by atoms with Gasteiger partial charge in [-0.1, -0.05) is 23.7 Å². The van der Waals surface area contributed by atoms with Gasteiger partial charge in [0.1, 0.15) is 11.5 Å². The van der Waals surface area contributed by atoms with Gasteiger partial charge in [-0.2, -0.15) is 0 Å². The molecule has 0 atom stereocenters. The van der Waals surface area contributed by atoms with Crippen molar-refractivity contribution in [2.24, 2.45) is 0 Å². The molecular formula is C21H19ClN2O5. The number of carbonyl (C=O) groups is 2. The molecule has 0 spiro atoms. The van der Waals surface area contributed by atoms with E-state index >= 15 is 0 Å². The van der Waals surface area contributed by atoms with Crippen molar-refractivity contribution in [3.8, 4) is 11.5 Å². The number of ether oxygens (including phenoxy) is 3. The van der Waals surface area contributed by atoms with Gasteiger partial charge in [0.25, 0.3) is 5.91 Å². The molecule has 0 unspecified atom stereocenters. The summed E-state index contributed by atoms with van der Waals surface area (Å²) < 4.78 is 15.5. The number of hydrogen-bond acceptors (Lipinski definition) is 6. The summed E-state index contributed by atoms with van der Waals surface area (Å²) in [5, 5.41) is 3.85. The maximum absolute atomic E-state index is 12.2. The molecule has 0 aliphatic carbocycles. The Bertz CT molecular complexity index is 1040. The normalized spacial score (nSPS) is 10.4. The molecule has 150 valence electrons. The predicted octanol–water partition coefficient (Wildman–Crippen LogP) is 3.38. The van der Waals surface area contributed by atoms with Crippen LogP contribution in [0.15, 0.2) is 48.5 Å². The van der Waals surface area contributed by atoms with Gasteiger partial charge < -0.3 is 19.5 Å². The highest BCUT2D eigenvalue weighted by molar-refractivity contribution is 6.31. The van der Waals surface area contributed by atoms with E-state index in [1.54, 1.807) is 25.3 Å². The zero-order chi connectivity index (χ0) is 20.8. The summed E-state index contributed by atoms with van der Waals surface area (Å²) >= 11 is 6.06. The fraction of sp³-hybridized carbons (Fsp3) is 0.190. The lowest BCUT2D eigenvalue weighted by molar-refractivity contribution is -0.123. The summed E-state index contributed by atoms with van der Waals surface area (Å²) in [5.74, 6) is 0.147. The van der Waals surface area contributed by atoms with Gasteiger partial charge in [-0.3, -0.25) is 4.79 Å². The zero-order valence-corrected chi connectivity index (χ0v) is 16.7. The van der Waals surface area contributed by atoms with Crippen LogP contribution in [0, 0.1) is 0 Å². The summed E-state index contributed by atoms with van der Waals surface area (Å²) in [6.45, 7) is 0.116. The van der Waals surface area contributed by atoms with Crippen molar-refractivity contribution in [1.29, 1.82) is 0 Å². The third kappa shape index (κ3) is 5.14. The van der Waals surface area contributed by atoms with Crippen molar-refractivity contribution in [3.63, 3.8) is 0 Å². The van der Waals surface area contributed by atoms with E-state index in [0.29, 0.717) is 28.2 Å². The summed E-state index contributed by atoms with van der Waals surface area (Å²) in [7, 11) is 2.86. The lowest BCUT2D eigenvalue weighted by atomic mass is 10.2. The molecule has 1 heterocycles. The molecule has 0 fully saturated rings. The molecule has 8 heteroatoms. The number of benzene rings is 2. The van der Waals surface area contributed by atoms with Crippen LogP contribution in [-0.2, 0) is 16.1 Å². The van der Waals surface area contributed by atoms with Crippen LogP contribution in [0.1, 0.15) is 16.1 Å². The number of pyridine rings is 1. The van der Waals surface area contributed by atoms with Gasteiger partial charge in [0, 0.05) is 23.0 Å². The first kappa shape index (κ1) is 20.4. The van der Waals surface area contributed by atoms with Crippen LogP contribution in [0.25, 0.3) is 10.9 Å². The number of nitrogens with one attached hydrogen (secondary N) is 1. The quantitative estimate of drug-likeness (QED) is 0.596. The number of nitrogens with zero attached hydrogens (tertiary/aromatic N) is 1. The molecule has 3 aromatic rings. The molecule has 0 saturated carbocycles. The SMILES string of the molecule is COC(=O)c1cc(OCC(=O)NCc2ccc(OC)cc2)c2cc(Cl)ccc2n1. The smallest absolute Gasteiger partial charge is 0.356 e. The molecule has 0 saturated heterocycles. The third-order valence-corrected chi connectivity index (χ3v) is 4.37. The molecular weight excluding hydrogens is 396 g/mol. The summed E-state index contributed by atoms with van der Waals surface area (Å²) in [4.78, 5) is 28.3. The number of esters is 1. The lowest BCUT2D eigenvalue weighted by Crippen LogP contribution is -2.28. The van der Waals surface area contributed by atoms with Crippen molar-refractivity contribution < 1.29 is 23.8 Å². The van der Waals surface area contributed by atoms with Gasteiger partial charge in [-0.25, -0.2) is 9.78 Å². The number of halogens is 1. The van der Waals surface area contributed by atoms with Crippen LogP contribution < -0.4 is 14.8 Å². The number of amides is 1. The van der Waals surface area contributed by atoms with E-state index in [1.165, 1.54) is 13.2 Å². The first-order valence-electron chi connectivity index (χ1n) is 8.71. The average Bonchev–Trinajstić information content (AvgIpc) is 2.75. The largest absolute Gasteiger partial charge is 0.497 e. The van der Waals surface area contributed by atoms with Crippen LogP contribution in [-0.4, -0.2) is 37.7 Å². The monoisotopic (exact) mass is 414 g/mol. The average molecular weight is 415 g/mol. The minimum Gasteiger partial charge on any atom is -0.497 e. The van der Waals surface area contributed by atoms with Crippen LogP contribution in [0.4, 0.5) is 0 Å². The van der Waals surface area contributed by atoms with Crippen molar-refractivity contribution in [2.45, 2.75) is 6.54 Å². The van der Waals surface area contributed by atoms with Crippen molar-refractivity contribution in [3.05, 3.63) is 64.8 Å². The Labute approximate surface area is 172 Å².